The highest BCUT2D eigenvalue weighted by molar-refractivity contribution is 7.91. The molecule has 0 aliphatic carbocycles. The number of nitrogens with zero attached hydrogens (tertiary/aromatic N) is 2. The standard InChI is InChI=1S/C30H42F3N3O7S2/c1-20-17-36(21(2)19-37)29(39)24-16-23(34-27(38)12-13-30(31,32)33)10-11-25(24)43-22(3)8-5-6-14-42-26(20)18-35(4)45(40,41)28-9-7-15-44-28/h7,9-11,15-16,20-22,26,37H,5-6,8,12-14,17-19H2,1-4H3,(H,34,38)/t20-,21-,22+,26+/m1/s1. The van der Waals surface area contributed by atoms with Crippen molar-refractivity contribution in [2.45, 2.75) is 81.5 Å². The second-order valence-corrected chi connectivity index (χ2v) is 14.6. The van der Waals surface area contributed by atoms with E-state index in [9.17, 15) is 36.3 Å². The van der Waals surface area contributed by atoms with E-state index < -0.39 is 53.0 Å². The predicted octanol–water partition coefficient (Wildman–Crippen LogP) is 5.15. The molecule has 0 saturated heterocycles. The fraction of sp³-hybridized carbons (Fsp3) is 0.600. The number of halogens is 3. The van der Waals surface area contributed by atoms with E-state index in [0.29, 0.717) is 19.4 Å². The second kappa shape index (κ2) is 16.2. The molecule has 2 aromatic rings. The minimum absolute atomic E-state index is 0.0289. The van der Waals surface area contributed by atoms with E-state index in [1.165, 1.54) is 40.5 Å². The van der Waals surface area contributed by atoms with E-state index in [4.69, 9.17) is 9.47 Å². The van der Waals surface area contributed by atoms with Crippen molar-refractivity contribution < 1.29 is 45.8 Å². The van der Waals surface area contributed by atoms with Crippen LogP contribution in [0.15, 0.2) is 39.9 Å². The smallest absolute Gasteiger partial charge is 0.389 e. The van der Waals surface area contributed by atoms with Gasteiger partial charge in [0, 0.05) is 44.8 Å². The summed E-state index contributed by atoms with van der Waals surface area (Å²) in [4.78, 5) is 27.8. The van der Waals surface area contributed by atoms with E-state index in [1.807, 2.05) is 13.8 Å². The highest BCUT2D eigenvalue weighted by Crippen LogP contribution is 2.29. The van der Waals surface area contributed by atoms with Gasteiger partial charge in [-0.3, -0.25) is 9.59 Å². The molecule has 0 saturated carbocycles. The van der Waals surface area contributed by atoms with Crippen LogP contribution in [0.5, 0.6) is 5.75 Å². The number of thiophene rings is 1. The lowest BCUT2D eigenvalue weighted by Gasteiger charge is -2.35. The number of rotatable bonds is 9. The third-order valence-corrected chi connectivity index (χ3v) is 10.8. The highest BCUT2D eigenvalue weighted by Gasteiger charge is 2.33. The zero-order chi connectivity index (χ0) is 33.4. The zero-order valence-corrected chi connectivity index (χ0v) is 27.5. The molecule has 4 atom stereocenters. The molecule has 2 heterocycles. The van der Waals surface area contributed by atoms with Gasteiger partial charge >= 0.3 is 6.18 Å². The largest absolute Gasteiger partial charge is 0.490 e. The molecule has 1 aliphatic heterocycles. The van der Waals surface area contributed by atoms with Gasteiger partial charge < -0.3 is 24.8 Å². The van der Waals surface area contributed by atoms with Crippen molar-refractivity contribution in [3.05, 3.63) is 41.3 Å². The summed E-state index contributed by atoms with van der Waals surface area (Å²) in [6.07, 6.45) is -5.41. The lowest BCUT2D eigenvalue weighted by atomic mass is 10.0. The van der Waals surface area contributed by atoms with Crippen molar-refractivity contribution in [3.63, 3.8) is 0 Å². The van der Waals surface area contributed by atoms with Crippen LogP contribution >= 0.6 is 11.3 Å². The Bertz CT molecular complexity index is 1370. The van der Waals surface area contributed by atoms with Gasteiger partial charge in [-0.05, 0) is 62.8 Å². The molecule has 10 nitrogen and oxygen atoms in total. The number of hydrogen-bond donors (Lipinski definition) is 2. The number of hydrogen-bond acceptors (Lipinski definition) is 8. The van der Waals surface area contributed by atoms with Crippen LogP contribution < -0.4 is 10.1 Å². The summed E-state index contributed by atoms with van der Waals surface area (Å²) in [5.74, 6) is -1.55. The highest BCUT2D eigenvalue weighted by atomic mass is 32.2. The van der Waals surface area contributed by atoms with Gasteiger partial charge in [0.1, 0.15) is 9.96 Å². The van der Waals surface area contributed by atoms with Crippen LogP contribution in [-0.4, -0.2) is 92.3 Å². The molecule has 2 N–H and O–H groups in total. The fourth-order valence-electron chi connectivity index (χ4n) is 4.86. The molecule has 1 aliphatic rings. The number of benzene rings is 1. The monoisotopic (exact) mass is 677 g/mol. The number of aliphatic hydroxyl groups is 1. The van der Waals surface area contributed by atoms with Crippen molar-refractivity contribution in [1.29, 1.82) is 0 Å². The van der Waals surface area contributed by atoms with Crippen LogP contribution in [0.3, 0.4) is 0 Å². The normalized spacial score (nSPS) is 21.5. The van der Waals surface area contributed by atoms with E-state index in [1.54, 1.807) is 18.4 Å². The van der Waals surface area contributed by atoms with E-state index in [-0.39, 0.29) is 52.9 Å². The third kappa shape index (κ3) is 10.7. The first-order chi connectivity index (χ1) is 21.1. The summed E-state index contributed by atoms with van der Waals surface area (Å²) >= 11 is 1.11. The van der Waals surface area contributed by atoms with Crippen LogP contribution in [0.1, 0.15) is 63.2 Å². The Hall–Kier alpha value is -2.72. The zero-order valence-electron chi connectivity index (χ0n) is 25.9. The number of fused-ring (bicyclic) bond motifs is 1. The number of nitrogens with one attached hydrogen (secondary N) is 1. The van der Waals surface area contributed by atoms with Gasteiger partial charge in [0.2, 0.25) is 5.91 Å². The molecule has 1 aromatic heterocycles. The van der Waals surface area contributed by atoms with Gasteiger partial charge in [0.15, 0.2) is 0 Å². The molecule has 15 heteroatoms. The van der Waals surface area contributed by atoms with Crippen molar-refractivity contribution in [3.8, 4) is 5.75 Å². The predicted molar refractivity (Wildman–Crippen MR) is 165 cm³/mol. The molecule has 0 unspecified atom stereocenters. The Balaban J connectivity index is 1.94. The summed E-state index contributed by atoms with van der Waals surface area (Å²) in [6.45, 7) is 5.43. The van der Waals surface area contributed by atoms with Gasteiger partial charge in [-0.25, -0.2) is 8.42 Å². The number of sulfonamides is 1. The number of likely N-dealkylation sites (N-methyl/N-ethyl adjacent to an activating group) is 1. The maximum atomic E-state index is 14.1. The topological polar surface area (TPSA) is 125 Å². The van der Waals surface area contributed by atoms with Crippen molar-refractivity contribution in [2.24, 2.45) is 5.92 Å². The molecule has 0 fully saturated rings. The fourth-order valence-corrected chi connectivity index (χ4v) is 7.24. The maximum absolute atomic E-state index is 14.1. The Labute approximate surface area is 266 Å². The minimum atomic E-state index is -4.49. The van der Waals surface area contributed by atoms with Crippen LogP contribution in [0, 0.1) is 5.92 Å². The second-order valence-electron chi connectivity index (χ2n) is 11.4. The maximum Gasteiger partial charge on any atom is 0.389 e. The molecule has 0 radical (unpaired) electrons. The molecule has 45 heavy (non-hydrogen) atoms. The lowest BCUT2D eigenvalue weighted by Crippen LogP contribution is -2.48. The summed E-state index contributed by atoms with van der Waals surface area (Å²) in [5, 5.41) is 14.2. The van der Waals surface area contributed by atoms with Crippen LogP contribution in [0.2, 0.25) is 0 Å². The van der Waals surface area contributed by atoms with E-state index in [0.717, 1.165) is 17.8 Å². The Kier molecular flexibility index (Phi) is 13.2. The first-order valence-corrected chi connectivity index (χ1v) is 17.1. The number of amides is 2. The summed E-state index contributed by atoms with van der Waals surface area (Å²) in [7, 11) is -2.28. The van der Waals surface area contributed by atoms with Gasteiger partial charge in [-0.1, -0.05) is 13.0 Å². The molecule has 252 valence electrons. The molecule has 1 aromatic carbocycles. The Morgan fingerprint density at radius 3 is 2.62 bits per heavy atom. The van der Waals surface area contributed by atoms with Crippen LogP contribution in [0.4, 0.5) is 18.9 Å². The SMILES string of the molecule is C[C@@H]1CN([C@H](C)CO)C(=O)c2cc(NC(=O)CCC(F)(F)F)ccc2O[C@@H](C)CCCCO[C@H]1CN(C)S(=O)(=O)c1cccs1. The van der Waals surface area contributed by atoms with Gasteiger partial charge in [-0.2, -0.15) is 17.5 Å². The number of aliphatic hydroxyl groups excluding tert-OH is 1. The number of carbonyl (C=O) groups excluding carboxylic acids is 2. The minimum Gasteiger partial charge on any atom is -0.490 e. The van der Waals surface area contributed by atoms with Gasteiger partial charge in [0.05, 0.1) is 36.8 Å². The number of ether oxygens (including phenoxy) is 2. The van der Waals surface area contributed by atoms with E-state index in [2.05, 4.69) is 5.32 Å². The number of alkyl halides is 3. The quantitative estimate of drug-likeness (QED) is 0.377. The molecular weight excluding hydrogens is 635 g/mol. The average Bonchev–Trinajstić information content (AvgIpc) is 3.53. The molecule has 0 bridgehead atoms. The van der Waals surface area contributed by atoms with Crippen molar-refractivity contribution in [1.82, 2.24) is 9.21 Å². The molecular formula is C30H42F3N3O7S2. The van der Waals surface area contributed by atoms with E-state index >= 15 is 0 Å². The summed E-state index contributed by atoms with van der Waals surface area (Å²) < 4.78 is 78.0. The molecule has 3 rings (SSSR count). The molecule has 2 amide bonds. The number of anilines is 1. The average molecular weight is 678 g/mol. The van der Waals surface area contributed by atoms with Crippen molar-refractivity contribution >= 4 is 38.9 Å². The summed E-state index contributed by atoms with van der Waals surface area (Å²) in [6, 6.07) is 6.84. The number of carbonyl (C=O) groups is 2. The van der Waals surface area contributed by atoms with Crippen LogP contribution in [-0.2, 0) is 19.6 Å². The van der Waals surface area contributed by atoms with Crippen LogP contribution in [0.25, 0.3) is 0 Å². The summed E-state index contributed by atoms with van der Waals surface area (Å²) in [5.41, 5.74) is 0.188. The van der Waals surface area contributed by atoms with Gasteiger partial charge in [-0.15, -0.1) is 11.3 Å². The molecule has 0 spiro atoms. The van der Waals surface area contributed by atoms with Crippen molar-refractivity contribution in [2.75, 3.05) is 38.7 Å². The van der Waals surface area contributed by atoms with Gasteiger partial charge in [0.25, 0.3) is 15.9 Å². The first kappa shape index (κ1) is 36.7. The first-order valence-electron chi connectivity index (χ1n) is 14.8. The Morgan fingerprint density at radius 1 is 1.24 bits per heavy atom. The Morgan fingerprint density at radius 2 is 1.98 bits per heavy atom. The third-order valence-electron chi connectivity index (χ3n) is 7.57. The lowest BCUT2D eigenvalue weighted by molar-refractivity contribution is -0.142.